The first kappa shape index (κ1) is 19.3. The number of hydrogen-bond donors (Lipinski definition) is 1. The normalized spacial score (nSPS) is 17.4. The molecule has 6 nitrogen and oxygen atoms in total. The van der Waals surface area contributed by atoms with E-state index in [0.717, 1.165) is 46.5 Å². The molecule has 156 valence electrons. The second-order valence-corrected chi connectivity index (χ2v) is 9.44. The molecule has 0 spiro atoms. The minimum absolute atomic E-state index is 0.0915. The molecule has 1 saturated carbocycles. The zero-order valence-electron chi connectivity index (χ0n) is 17.1. The van der Waals surface area contributed by atoms with E-state index >= 15 is 0 Å². The summed E-state index contributed by atoms with van der Waals surface area (Å²) in [4.78, 5) is 28.8. The van der Waals surface area contributed by atoms with E-state index in [-0.39, 0.29) is 23.8 Å². The molecule has 1 aliphatic heterocycles. The Hall–Kier alpha value is -2.67. The number of carbonyl (C=O) groups excluding carboxylic acids is 2. The maximum Gasteiger partial charge on any atom is 0.264 e. The summed E-state index contributed by atoms with van der Waals surface area (Å²) in [6.07, 6.45) is 3.71. The van der Waals surface area contributed by atoms with E-state index in [4.69, 9.17) is 0 Å². The summed E-state index contributed by atoms with van der Waals surface area (Å²) in [7, 11) is 0. The average Bonchev–Trinajstić information content (AvgIpc) is 3.45. The van der Waals surface area contributed by atoms with Crippen molar-refractivity contribution in [3.8, 4) is 0 Å². The second kappa shape index (κ2) is 7.87. The van der Waals surface area contributed by atoms with Crippen molar-refractivity contribution in [2.45, 2.75) is 45.2 Å². The van der Waals surface area contributed by atoms with Crippen LogP contribution in [0, 0.1) is 12.8 Å². The van der Waals surface area contributed by atoms with Crippen molar-refractivity contribution in [3.63, 3.8) is 0 Å². The van der Waals surface area contributed by atoms with Crippen LogP contribution in [0.15, 0.2) is 36.4 Å². The van der Waals surface area contributed by atoms with Gasteiger partial charge >= 0.3 is 0 Å². The predicted octanol–water partition coefficient (Wildman–Crippen LogP) is 3.59. The van der Waals surface area contributed by atoms with Crippen LogP contribution in [0.25, 0.3) is 10.2 Å². The molecular weight excluding hydrogens is 396 g/mol. The van der Waals surface area contributed by atoms with Gasteiger partial charge in [-0.2, -0.15) is 5.10 Å². The summed E-state index contributed by atoms with van der Waals surface area (Å²) in [6, 6.07) is 12.4. The molecule has 0 unspecified atom stereocenters. The average molecular weight is 423 g/mol. The zero-order valence-corrected chi connectivity index (χ0v) is 18.0. The highest BCUT2D eigenvalue weighted by Crippen LogP contribution is 2.31. The fourth-order valence-corrected chi connectivity index (χ4v) is 5.26. The summed E-state index contributed by atoms with van der Waals surface area (Å²) < 4.78 is 2.00. The van der Waals surface area contributed by atoms with Crippen LogP contribution in [-0.2, 0) is 11.3 Å². The predicted molar refractivity (Wildman–Crippen MR) is 118 cm³/mol. The van der Waals surface area contributed by atoms with Crippen molar-refractivity contribution in [2.24, 2.45) is 5.92 Å². The zero-order chi connectivity index (χ0) is 20.7. The van der Waals surface area contributed by atoms with Gasteiger partial charge in [0.2, 0.25) is 5.91 Å². The van der Waals surface area contributed by atoms with Crippen molar-refractivity contribution in [3.05, 3.63) is 52.5 Å². The van der Waals surface area contributed by atoms with Crippen LogP contribution in [0.4, 0.5) is 0 Å². The highest BCUT2D eigenvalue weighted by atomic mass is 32.1. The summed E-state index contributed by atoms with van der Waals surface area (Å²) in [5, 5.41) is 8.89. The van der Waals surface area contributed by atoms with Gasteiger partial charge in [0.25, 0.3) is 5.91 Å². The first-order valence-electron chi connectivity index (χ1n) is 10.7. The number of aromatic nitrogens is 2. The monoisotopic (exact) mass is 422 g/mol. The fourth-order valence-electron chi connectivity index (χ4n) is 4.13. The summed E-state index contributed by atoms with van der Waals surface area (Å²) in [6.45, 7) is 4.08. The van der Waals surface area contributed by atoms with Gasteiger partial charge in [0.05, 0.1) is 17.1 Å². The molecule has 2 aromatic heterocycles. The Labute approximate surface area is 179 Å². The lowest BCUT2D eigenvalue weighted by atomic mass is 10.0. The van der Waals surface area contributed by atoms with Crippen molar-refractivity contribution in [2.75, 3.05) is 13.1 Å². The Balaban J connectivity index is 1.27. The molecule has 3 aromatic rings. The molecular formula is C23H26N4O2S. The Bertz CT molecular complexity index is 1080. The SMILES string of the molecule is Cc1nn(Cc2ccccc2)c2sc(C(=O)N3CCC(NC(=O)C4CC4)CC3)cc12. The van der Waals surface area contributed by atoms with Gasteiger partial charge in [-0.1, -0.05) is 30.3 Å². The smallest absolute Gasteiger partial charge is 0.264 e. The number of rotatable bonds is 5. The number of carbonyl (C=O) groups is 2. The van der Waals surface area contributed by atoms with Gasteiger partial charge in [0.1, 0.15) is 4.83 Å². The number of thiophene rings is 1. The minimum Gasteiger partial charge on any atom is -0.353 e. The molecule has 1 aliphatic carbocycles. The van der Waals surface area contributed by atoms with Gasteiger partial charge in [0.15, 0.2) is 0 Å². The molecule has 2 amide bonds. The number of aryl methyl sites for hydroxylation is 1. The Morgan fingerprint density at radius 1 is 1.13 bits per heavy atom. The van der Waals surface area contributed by atoms with Gasteiger partial charge < -0.3 is 10.2 Å². The molecule has 3 heterocycles. The van der Waals surface area contributed by atoms with Crippen LogP contribution in [0.1, 0.15) is 46.6 Å². The fraction of sp³-hybridized carbons (Fsp3) is 0.435. The van der Waals surface area contributed by atoms with E-state index < -0.39 is 0 Å². The van der Waals surface area contributed by atoms with Crippen molar-refractivity contribution in [1.29, 1.82) is 0 Å². The quantitative estimate of drug-likeness (QED) is 0.683. The number of hydrogen-bond acceptors (Lipinski definition) is 4. The van der Waals surface area contributed by atoms with Crippen LogP contribution in [0.2, 0.25) is 0 Å². The number of fused-ring (bicyclic) bond motifs is 1. The van der Waals surface area contributed by atoms with E-state index in [1.54, 1.807) is 0 Å². The highest BCUT2D eigenvalue weighted by Gasteiger charge is 2.32. The highest BCUT2D eigenvalue weighted by molar-refractivity contribution is 7.20. The van der Waals surface area contributed by atoms with Crippen LogP contribution in [0.3, 0.4) is 0 Å². The van der Waals surface area contributed by atoms with Crippen LogP contribution >= 0.6 is 11.3 Å². The van der Waals surface area contributed by atoms with Crippen LogP contribution < -0.4 is 5.32 Å². The van der Waals surface area contributed by atoms with Gasteiger partial charge in [-0.15, -0.1) is 11.3 Å². The van der Waals surface area contributed by atoms with Crippen molar-refractivity contribution >= 4 is 33.4 Å². The Kier molecular flexibility index (Phi) is 5.06. The number of piperidine rings is 1. The molecule has 2 aliphatic rings. The lowest BCUT2D eigenvalue weighted by Gasteiger charge is -2.32. The second-order valence-electron chi connectivity index (χ2n) is 8.41. The third kappa shape index (κ3) is 3.86. The van der Waals surface area contributed by atoms with Gasteiger partial charge in [0, 0.05) is 30.4 Å². The molecule has 1 aromatic carbocycles. The number of amides is 2. The summed E-state index contributed by atoms with van der Waals surface area (Å²) in [5.41, 5.74) is 2.15. The molecule has 0 bridgehead atoms. The standard InChI is InChI=1S/C23H26N4O2S/c1-15-19-13-20(30-23(19)27(25-15)14-16-5-3-2-4-6-16)22(29)26-11-9-18(10-12-26)24-21(28)17-7-8-17/h2-6,13,17-18H,7-12,14H2,1H3,(H,24,28). The third-order valence-electron chi connectivity index (χ3n) is 6.07. The summed E-state index contributed by atoms with van der Waals surface area (Å²) in [5.74, 6) is 0.526. The molecule has 0 radical (unpaired) electrons. The lowest BCUT2D eigenvalue weighted by molar-refractivity contribution is -0.123. The molecule has 2 fully saturated rings. The van der Waals surface area contributed by atoms with E-state index in [0.29, 0.717) is 19.6 Å². The Morgan fingerprint density at radius 3 is 2.57 bits per heavy atom. The molecule has 5 rings (SSSR count). The molecule has 1 saturated heterocycles. The van der Waals surface area contributed by atoms with Gasteiger partial charge in [-0.25, -0.2) is 0 Å². The van der Waals surface area contributed by atoms with E-state index in [1.807, 2.05) is 40.8 Å². The van der Waals surface area contributed by atoms with Crippen molar-refractivity contribution < 1.29 is 9.59 Å². The molecule has 0 atom stereocenters. The van der Waals surface area contributed by atoms with E-state index in [1.165, 1.54) is 16.9 Å². The Morgan fingerprint density at radius 2 is 1.87 bits per heavy atom. The van der Waals surface area contributed by atoms with E-state index in [9.17, 15) is 9.59 Å². The lowest BCUT2D eigenvalue weighted by Crippen LogP contribution is -2.46. The van der Waals surface area contributed by atoms with E-state index in [2.05, 4.69) is 22.5 Å². The first-order valence-corrected chi connectivity index (χ1v) is 11.5. The first-order chi connectivity index (χ1) is 14.6. The minimum atomic E-state index is 0.0915. The molecule has 7 heteroatoms. The number of benzene rings is 1. The van der Waals surface area contributed by atoms with Gasteiger partial charge in [-0.3, -0.25) is 14.3 Å². The van der Waals surface area contributed by atoms with Crippen LogP contribution in [0.5, 0.6) is 0 Å². The maximum absolute atomic E-state index is 13.1. The molecule has 30 heavy (non-hydrogen) atoms. The number of nitrogens with zero attached hydrogens (tertiary/aromatic N) is 3. The van der Waals surface area contributed by atoms with Crippen molar-refractivity contribution in [1.82, 2.24) is 20.0 Å². The van der Waals surface area contributed by atoms with Gasteiger partial charge in [-0.05, 0) is 44.2 Å². The molecule has 1 N–H and O–H groups in total. The third-order valence-corrected chi connectivity index (χ3v) is 7.21. The van der Waals surface area contributed by atoms with Crippen LogP contribution in [-0.4, -0.2) is 45.6 Å². The maximum atomic E-state index is 13.1. The number of nitrogens with one attached hydrogen (secondary N) is 1. The largest absolute Gasteiger partial charge is 0.353 e. The summed E-state index contributed by atoms with van der Waals surface area (Å²) >= 11 is 1.53. The number of likely N-dealkylation sites (tertiary alicyclic amines) is 1. The topological polar surface area (TPSA) is 67.2 Å².